The van der Waals surface area contributed by atoms with Crippen molar-refractivity contribution in [3.8, 4) is 0 Å². The van der Waals surface area contributed by atoms with Gasteiger partial charge in [-0.1, -0.05) is 60.7 Å². The standard InChI is InChI=1S/C24H25N5O4/c30-13-7-12-25-20(31)16-29-23(32)21-22(26-17-27(21)14-18-8-3-1-4-9-18)28(24(29)33)15-19-10-5-2-6-11-19/h1-6,8-11,17,30H,7,12-16H2,(H,25,31). The van der Waals surface area contributed by atoms with Gasteiger partial charge in [0.25, 0.3) is 5.56 Å². The smallest absolute Gasteiger partial charge is 0.333 e. The predicted molar refractivity (Wildman–Crippen MR) is 124 cm³/mol. The predicted octanol–water partition coefficient (Wildman–Crippen LogP) is 0.955. The fourth-order valence-electron chi connectivity index (χ4n) is 3.69. The van der Waals surface area contributed by atoms with Gasteiger partial charge in [0.1, 0.15) is 6.54 Å². The quantitative estimate of drug-likeness (QED) is 0.371. The van der Waals surface area contributed by atoms with E-state index in [1.807, 2.05) is 60.7 Å². The first-order valence-corrected chi connectivity index (χ1v) is 10.7. The summed E-state index contributed by atoms with van der Waals surface area (Å²) in [5.74, 6) is -0.470. The van der Waals surface area contributed by atoms with E-state index in [4.69, 9.17) is 5.11 Å². The Kier molecular flexibility index (Phi) is 6.80. The van der Waals surface area contributed by atoms with Crippen LogP contribution < -0.4 is 16.6 Å². The summed E-state index contributed by atoms with van der Waals surface area (Å²) in [6, 6.07) is 19.0. The minimum atomic E-state index is -0.598. The van der Waals surface area contributed by atoms with Gasteiger partial charge in [0.2, 0.25) is 5.91 Å². The number of carbonyl (C=O) groups excluding carboxylic acids is 1. The number of aliphatic hydroxyl groups excluding tert-OH is 1. The molecule has 0 fully saturated rings. The Morgan fingerprint density at radius 1 is 0.909 bits per heavy atom. The summed E-state index contributed by atoms with van der Waals surface area (Å²) in [6.07, 6.45) is 1.94. The van der Waals surface area contributed by atoms with Gasteiger partial charge in [-0.2, -0.15) is 0 Å². The normalized spacial score (nSPS) is 11.1. The van der Waals surface area contributed by atoms with E-state index < -0.39 is 23.7 Å². The molecule has 0 aliphatic heterocycles. The van der Waals surface area contributed by atoms with Crippen molar-refractivity contribution in [2.24, 2.45) is 0 Å². The lowest BCUT2D eigenvalue weighted by molar-refractivity contribution is -0.121. The lowest BCUT2D eigenvalue weighted by atomic mass is 10.2. The number of aliphatic hydroxyl groups is 1. The van der Waals surface area contributed by atoms with Gasteiger partial charge < -0.3 is 15.0 Å². The molecular formula is C24H25N5O4. The number of rotatable bonds is 9. The number of benzene rings is 2. The highest BCUT2D eigenvalue weighted by atomic mass is 16.3. The van der Waals surface area contributed by atoms with Gasteiger partial charge >= 0.3 is 5.69 Å². The van der Waals surface area contributed by atoms with Gasteiger partial charge in [-0.3, -0.25) is 14.2 Å². The van der Waals surface area contributed by atoms with Crippen molar-refractivity contribution in [1.29, 1.82) is 0 Å². The summed E-state index contributed by atoms with van der Waals surface area (Å²) in [6.45, 7) is 0.402. The van der Waals surface area contributed by atoms with Crippen LogP contribution in [0.3, 0.4) is 0 Å². The van der Waals surface area contributed by atoms with Crippen molar-refractivity contribution in [3.63, 3.8) is 0 Å². The Morgan fingerprint density at radius 2 is 1.55 bits per heavy atom. The molecule has 9 heteroatoms. The molecule has 1 amide bonds. The molecule has 0 aliphatic rings. The third-order valence-electron chi connectivity index (χ3n) is 5.32. The van der Waals surface area contributed by atoms with Crippen LogP contribution in [0.4, 0.5) is 0 Å². The summed E-state index contributed by atoms with van der Waals surface area (Å²) in [5, 5.41) is 11.5. The van der Waals surface area contributed by atoms with Gasteiger partial charge in [0, 0.05) is 19.7 Å². The number of carbonyl (C=O) groups is 1. The minimum Gasteiger partial charge on any atom is -0.396 e. The summed E-state index contributed by atoms with van der Waals surface area (Å²) >= 11 is 0. The molecule has 2 aromatic heterocycles. The summed E-state index contributed by atoms with van der Waals surface area (Å²) in [5.41, 5.74) is 1.23. The van der Waals surface area contributed by atoms with Crippen LogP contribution in [0.15, 0.2) is 76.6 Å². The molecule has 0 atom stereocenters. The third kappa shape index (κ3) is 4.93. The Balaban J connectivity index is 1.81. The van der Waals surface area contributed by atoms with Crippen molar-refractivity contribution in [3.05, 3.63) is 99.0 Å². The van der Waals surface area contributed by atoms with E-state index in [0.29, 0.717) is 13.0 Å². The molecule has 0 saturated carbocycles. The van der Waals surface area contributed by atoms with E-state index in [9.17, 15) is 14.4 Å². The zero-order chi connectivity index (χ0) is 23.2. The molecule has 33 heavy (non-hydrogen) atoms. The number of aromatic nitrogens is 4. The van der Waals surface area contributed by atoms with Crippen molar-refractivity contribution < 1.29 is 9.90 Å². The van der Waals surface area contributed by atoms with Crippen molar-refractivity contribution >= 4 is 17.1 Å². The van der Waals surface area contributed by atoms with Crippen LogP contribution in [-0.2, 0) is 24.4 Å². The third-order valence-corrected chi connectivity index (χ3v) is 5.32. The highest BCUT2D eigenvalue weighted by molar-refractivity contribution is 5.76. The van der Waals surface area contributed by atoms with E-state index in [-0.39, 0.29) is 30.9 Å². The molecule has 9 nitrogen and oxygen atoms in total. The van der Waals surface area contributed by atoms with Crippen LogP contribution in [0, 0.1) is 0 Å². The van der Waals surface area contributed by atoms with E-state index >= 15 is 0 Å². The molecule has 0 unspecified atom stereocenters. The average Bonchev–Trinajstić information content (AvgIpc) is 3.24. The fourth-order valence-corrected chi connectivity index (χ4v) is 3.69. The topological polar surface area (TPSA) is 111 Å². The van der Waals surface area contributed by atoms with Crippen LogP contribution in [-0.4, -0.2) is 42.9 Å². The van der Waals surface area contributed by atoms with E-state index in [0.717, 1.165) is 15.7 Å². The first kappa shape index (κ1) is 22.2. The van der Waals surface area contributed by atoms with E-state index in [1.54, 1.807) is 10.9 Å². The summed E-state index contributed by atoms with van der Waals surface area (Å²) in [7, 11) is 0. The first-order valence-electron chi connectivity index (χ1n) is 10.7. The molecule has 4 aromatic rings. The molecular weight excluding hydrogens is 422 g/mol. The maximum Gasteiger partial charge on any atom is 0.333 e. The highest BCUT2D eigenvalue weighted by Gasteiger charge is 2.20. The Bertz CT molecular complexity index is 1360. The van der Waals surface area contributed by atoms with Gasteiger partial charge in [-0.05, 0) is 17.5 Å². The highest BCUT2D eigenvalue weighted by Crippen LogP contribution is 2.12. The maximum atomic E-state index is 13.4. The zero-order valence-electron chi connectivity index (χ0n) is 18.1. The van der Waals surface area contributed by atoms with E-state index in [1.165, 1.54) is 4.57 Å². The molecule has 0 radical (unpaired) electrons. The lowest BCUT2D eigenvalue weighted by Crippen LogP contribution is -2.44. The van der Waals surface area contributed by atoms with Crippen LogP contribution in [0.1, 0.15) is 17.5 Å². The number of hydrogen-bond donors (Lipinski definition) is 2. The second kappa shape index (κ2) is 10.1. The average molecular weight is 447 g/mol. The van der Waals surface area contributed by atoms with Gasteiger partial charge in [-0.15, -0.1) is 0 Å². The zero-order valence-corrected chi connectivity index (χ0v) is 18.1. The Hall–Kier alpha value is -3.98. The number of fused-ring (bicyclic) bond motifs is 1. The van der Waals surface area contributed by atoms with Crippen LogP contribution in [0.5, 0.6) is 0 Å². The first-order chi connectivity index (χ1) is 16.1. The Morgan fingerprint density at radius 3 is 2.18 bits per heavy atom. The van der Waals surface area contributed by atoms with Crippen molar-refractivity contribution in [2.75, 3.05) is 13.2 Å². The molecule has 170 valence electrons. The summed E-state index contributed by atoms with van der Waals surface area (Å²) in [4.78, 5) is 43.4. The van der Waals surface area contributed by atoms with Crippen LogP contribution >= 0.6 is 0 Å². The SMILES string of the molecule is O=C(Cn1c(=O)c2c(ncn2Cc2ccccc2)n(Cc2ccccc2)c1=O)NCCCO. The summed E-state index contributed by atoms with van der Waals surface area (Å²) < 4.78 is 4.07. The molecule has 0 aliphatic carbocycles. The van der Waals surface area contributed by atoms with Gasteiger partial charge in [0.05, 0.1) is 12.9 Å². The molecule has 0 bridgehead atoms. The lowest BCUT2D eigenvalue weighted by Gasteiger charge is -2.13. The molecule has 0 spiro atoms. The second-order valence-electron chi connectivity index (χ2n) is 7.70. The van der Waals surface area contributed by atoms with Crippen molar-refractivity contribution in [2.45, 2.75) is 26.1 Å². The maximum absolute atomic E-state index is 13.4. The van der Waals surface area contributed by atoms with Crippen molar-refractivity contribution in [1.82, 2.24) is 24.0 Å². The van der Waals surface area contributed by atoms with Gasteiger partial charge in [0.15, 0.2) is 11.2 Å². The number of nitrogens with one attached hydrogen (secondary N) is 1. The van der Waals surface area contributed by atoms with E-state index in [2.05, 4.69) is 10.3 Å². The largest absolute Gasteiger partial charge is 0.396 e. The van der Waals surface area contributed by atoms with Gasteiger partial charge in [-0.25, -0.2) is 14.3 Å². The molecule has 2 aromatic carbocycles. The molecule has 2 heterocycles. The molecule has 2 N–H and O–H groups in total. The second-order valence-corrected chi connectivity index (χ2v) is 7.70. The van der Waals surface area contributed by atoms with Crippen LogP contribution in [0.25, 0.3) is 11.2 Å². The fraction of sp³-hybridized carbons (Fsp3) is 0.250. The number of amides is 1. The minimum absolute atomic E-state index is 0.0608. The number of nitrogens with zero attached hydrogens (tertiary/aromatic N) is 4. The number of hydrogen-bond acceptors (Lipinski definition) is 5. The monoisotopic (exact) mass is 447 g/mol. The molecule has 4 rings (SSSR count). The molecule has 0 saturated heterocycles. The van der Waals surface area contributed by atoms with Crippen LogP contribution in [0.2, 0.25) is 0 Å². The Labute approximate surface area is 189 Å². The number of imidazole rings is 1.